The predicted octanol–water partition coefficient (Wildman–Crippen LogP) is 2.57. The Morgan fingerprint density at radius 2 is 2.20 bits per heavy atom. The molecule has 0 aliphatic carbocycles. The quantitative estimate of drug-likeness (QED) is 0.869. The normalized spacial score (nSPS) is 14.2. The third-order valence-electron chi connectivity index (χ3n) is 3.85. The van der Waals surface area contributed by atoms with E-state index >= 15 is 0 Å². The van der Waals surface area contributed by atoms with Gasteiger partial charge in [-0.1, -0.05) is 25.5 Å². The van der Waals surface area contributed by atoms with Crippen LogP contribution in [0.2, 0.25) is 0 Å². The first kappa shape index (κ1) is 12.9. The molecule has 20 heavy (non-hydrogen) atoms. The Morgan fingerprint density at radius 3 is 3.05 bits per heavy atom. The van der Waals surface area contributed by atoms with Crippen molar-refractivity contribution in [1.82, 2.24) is 9.97 Å². The van der Waals surface area contributed by atoms with Crippen molar-refractivity contribution in [1.29, 1.82) is 0 Å². The number of nitrogens with two attached hydrogens (primary N) is 1. The molecule has 0 atom stereocenters. The van der Waals surface area contributed by atoms with E-state index in [0.717, 1.165) is 49.6 Å². The molecular weight excluding hydrogens is 248 g/mol. The van der Waals surface area contributed by atoms with Crippen molar-refractivity contribution in [2.24, 2.45) is 0 Å². The van der Waals surface area contributed by atoms with Crippen LogP contribution in [0.3, 0.4) is 0 Å². The summed E-state index contributed by atoms with van der Waals surface area (Å²) in [5.41, 5.74) is 10.7. The molecule has 104 valence electrons. The Bertz CT molecular complexity index is 609. The topological polar surface area (TPSA) is 55.0 Å². The number of hydrogen-bond acceptors (Lipinski definition) is 4. The van der Waals surface area contributed by atoms with E-state index in [1.165, 1.54) is 11.1 Å². The van der Waals surface area contributed by atoms with Gasteiger partial charge in [-0.25, -0.2) is 9.97 Å². The van der Waals surface area contributed by atoms with Crippen molar-refractivity contribution in [3.63, 3.8) is 0 Å². The highest BCUT2D eigenvalue weighted by atomic mass is 15.2. The second-order valence-electron chi connectivity index (χ2n) is 5.27. The molecule has 0 bridgehead atoms. The number of aryl methyl sites for hydroxylation is 1. The molecule has 0 saturated heterocycles. The summed E-state index contributed by atoms with van der Waals surface area (Å²) < 4.78 is 0. The van der Waals surface area contributed by atoms with Gasteiger partial charge in [0.1, 0.15) is 12.1 Å². The number of fused-ring (bicyclic) bond motifs is 1. The van der Waals surface area contributed by atoms with Gasteiger partial charge in [-0.05, 0) is 30.0 Å². The lowest BCUT2D eigenvalue weighted by Crippen LogP contribution is -2.31. The number of aromatic nitrogens is 2. The van der Waals surface area contributed by atoms with Crippen molar-refractivity contribution < 1.29 is 0 Å². The number of anilines is 2. The molecule has 0 fully saturated rings. The largest absolute Gasteiger partial charge is 0.398 e. The van der Waals surface area contributed by atoms with Crippen molar-refractivity contribution in [3.05, 3.63) is 47.4 Å². The van der Waals surface area contributed by atoms with Crippen LogP contribution in [0, 0.1) is 0 Å². The van der Waals surface area contributed by atoms with Crippen LogP contribution in [0.4, 0.5) is 11.5 Å². The molecule has 0 saturated carbocycles. The molecule has 1 aliphatic heterocycles. The second-order valence-corrected chi connectivity index (χ2v) is 5.27. The zero-order valence-electron chi connectivity index (χ0n) is 11.8. The van der Waals surface area contributed by atoms with E-state index in [1.54, 1.807) is 6.33 Å². The van der Waals surface area contributed by atoms with E-state index < -0.39 is 0 Å². The smallest absolute Gasteiger partial charge is 0.132 e. The standard InChI is InChI=1S/C16H20N4/c1-2-4-13-9-16(19-11-18-13)20-8-7-12-5-3-6-15(17)14(12)10-20/h3,5-6,9,11H,2,4,7-8,10,17H2,1H3. The number of benzene rings is 1. The van der Waals surface area contributed by atoms with E-state index in [2.05, 4.69) is 33.9 Å². The van der Waals surface area contributed by atoms with Gasteiger partial charge in [0.05, 0.1) is 0 Å². The van der Waals surface area contributed by atoms with Crippen LogP contribution in [0.25, 0.3) is 0 Å². The molecular formula is C16H20N4. The fraction of sp³-hybridized carbons (Fsp3) is 0.375. The van der Waals surface area contributed by atoms with E-state index in [-0.39, 0.29) is 0 Å². The number of rotatable bonds is 3. The van der Waals surface area contributed by atoms with Gasteiger partial charge in [0, 0.05) is 30.5 Å². The summed E-state index contributed by atoms with van der Waals surface area (Å²) in [4.78, 5) is 11.0. The number of nitrogen functional groups attached to an aromatic ring is 1. The van der Waals surface area contributed by atoms with Gasteiger partial charge in [0.2, 0.25) is 0 Å². The van der Waals surface area contributed by atoms with Crippen LogP contribution < -0.4 is 10.6 Å². The van der Waals surface area contributed by atoms with Gasteiger partial charge >= 0.3 is 0 Å². The molecule has 1 aromatic carbocycles. The Hall–Kier alpha value is -2.10. The second kappa shape index (κ2) is 5.49. The van der Waals surface area contributed by atoms with Gasteiger partial charge < -0.3 is 10.6 Å². The number of hydrogen-bond donors (Lipinski definition) is 1. The predicted molar refractivity (Wildman–Crippen MR) is 81.6 cm³/mol. The minimum absolute atomic E-state index is 0.838. The molecule has 1 aliphatic rings. The highest BCUT2D eigenvalue weighted by Gasteiger charge is 2.19. The van der Waals surface area contributed by atoms with Crippen LogP contribution in [-0.4, -0.2) is 16.5 Å². The van der Waals surface area contributed by atoms with Crippen LogP contribution >= 0.6 is 0 Å². The van der Waals surface area contributed by atoms with Crippen molar-refractivity contribution in [2.75, 3.05) is 17.2 Å². The molecule has 3 rings (SSSR count). The van der Waals surface area contributed by atoms with E-state index in [0.29, 0.717) is 0 Å². The molecule has 0 unspecified atom stereocenters. The summed E-state index contributed by atoms with van der Waals surface area (Å²) in [6.45, 7) is 3.99. The molecule has 4 nitrogen and oxygen atoms in total. The van der Waals surface area contributed by atoms with Crippen LogP contribution in [-0.2, 0) is 19.4 Å². The van der Waals surface area contributed by atoms with Crippen LogP contribution in [0.1, 0.15) is 30.2 Å². The first-order valence-electron chi connectivity index (χ1n) is 7.20. The molecule has 0 spiro atoms. The van der Waals surface area contributed by atoms with Crippen molar-refractivity contribution >= 4 is 11.5 Å². The molecule has 4 heteroatoms. The van der Waals surface area contributed by atoms with Gasteiger partial charge in [-0.15, -0.1) is 0 Å². The molecule has 2 heterocycles. The summed E-state index contributed by atoms with van der Waals surface area (Å²) in [6.07, 6.45) is 4.80. The van der Waals surface area contributed by atoms with Gasteiger partial charge in [-0.3, -0.25) is 0 Å². The summed E-state index contributed by atoms with van der Waals surface area (Å²) in [6, 6.07) is 8.29. The Morgan fingerprint density at radius 1 is 1.30 bits per heavy atom. The van der Waals surface area contributed by atoms with Crippen molar-refractivity contribution in [2.45, 2.75) is 32.7 Å². The first-order chi connectivity index (χ1) is 9.78. The Balaban J connectivity index is 1.86. The fourth-order valence-electron chi connectivity index (χ4n) is 2.75. The minimum Gasteiger partial charge on any atom is -0.398 e. The van der Waals surface area contributed by atoms with E-state index in [9.17, 15) is 0 Å². The SMILES string of the molecule is CCCc1cc(N2CCc3cccc(N)c3C2)ncn1. The molecule has 2 N–H and O–H groups in total. The summed E-state index contributed by atoms with van der Waals surface area (Å²) in [5, 5.41) is 0. The van der Waals surface area contributed by atoms with Gasteiger partial charge in [-0.2, -0.15) is 0 Å². The maximum Gasteiger partial charge on any atom is 0.132 e. The van der Waals surface area contributed by atoms with Gasteiger partial charge in [0.25, 0.3) is 0 Å². The first-order valence-corrected chi connectivity index (χ1v) is 7.20. The zero-order valence-corrected chi connectivity index (χ0v) is 11.8. The van der Waals surface area contributed by atoms with Crippen LogP contribution in [0.5, 0.6) is 0 Å². The zero-order chi connectivity index (χ0) is 13.9. The molecule has 0 radical (unpaired) electrons. The van der Waals surface area contributed by atoms with E-state index in [1.807, 2.05) is 12.1 Å². The lowest BCUT2D eigenvalue weighted by molar-refractivity contribution is 0.718. The average Bonchev–Trinajstić information content (AvgIpc) is 2.48. The van der Waals surface area contributed by atoms with Gasteiger partial charge in [0.15, 0.2) is 0 Å². The summed E-state index contributed by atoms with van der Waals surface area (Å²) in [5.74, 6) is 1.01. The lowest BCUT2D eigenvalue weighted by atomic mass is 9.98. The maximum absolute atomic E-state index is 6.10. The fourth-order valence-corrected chi connectivity index (χ4v) is 2.75. The monoisotopic (exact) mass is 268 g/mol. The third-order valence-corrected chi connectivity index (χ3v) is 3.85. The van der Waals surface area contributed by atoms with E-state index in [4.69, 9.17) is 5.73 Å². The lowest BCUT2D eigenvalue weighted by Gasteiger charge is -2.30. The van der Waals surface area contributed by atoms with Crippen molar-refractivity contribution in [3.8, 4) is 0 Å². The summed E-state index contributed by atoms with van der Waals surface area (Å²) >= 11 is 0. The molecule has 2 aromatic rings. The number of nitrogens with zero attached hydrogens (tertiary/aromatic N) is 3. The minimum atomic E-state index is 0.838. The molecule has 1 aromatic heterocycles. The maximum atomic E-state index is 6.10. The highest BCUT2D eigenvalue weighted by molar-refractivity contribution is 5.55. The Labute approximate surface area is 119 Å². The summed E-state index contributed by atoms with van der Waals surface area (Å²) in [7, 11) is 0. The highest BCUT2D eigenvalue weighted by Crippen LogP contribution is 2.27. The van der Waals surface area contributed by atoms with Crippen LogP contribution in [0.15, 0.2) is 30.6 Å². The third kappa shape index (κ3) is 2.46. The average molecular weight is 268 g/mol. The molecule has 0 amide bonds. The Kier molecular flexibility index (Phi) is 3.54.